The maximum atomic E-state index is 13.2. The van der Waals surface area contributed by atoms with E-state index in [0.717, 1.165) is 16.8 Å². The highest BCUT2D eigenvalue weighted by Crippen LogP contribution is 2.31. The smallest absolute Gasteiger partial charge is 0.247 e. The van der Waals surface area contributed by atoms with Crippen LogP contribution in [0.5, 0.6) is 11.5 Å². The number of nitrogens with two attached hydrogens (primary N) is 1. The summed E-state index contributed by atoms with van der Waals surface area (Å²) in [6.45, 7) is 0.411. The summed E-state index contributed by atoms with van der Waals surface area (Å²) in [4.78, 5) is 13.2. The lowest BCUT2D eigenvalue weighted by molar-refractivity contribution is -0.122. The minimum absolute atomic E-state index is 0.0106. The van der Waals surface area contributed by atoms with Crippen molar-refractivity contribution in [2.75, 3.05) is 19.5 Å². The molecule has 3 aromatic carbocycles. The summed E-state index contributed by atoms with van der Waals surface area (Å²) in [5.41, 5.74) is 8.59. The monoisotopic (exact) mass is 418 g/mol. The number of nitrogen functional groups attached to an aromatic ring is 1. The molecule has 1 amide bonds. The molecule has 0 aliphatic rings. The van der Waals surface area contributed by atoms with E-state index in [2.05, 4.69) is 10.6 Å². The van der Waals surface area contributed by atoms with E-state index in [0.29, 0.717) is 23.6 Å². The van der Waals surface area contributed by atoms with E-state index < -0.39 is 6.04 Å². The van der Waals surface area contributed by atoms with Crippen molar-refractivity contribution < 1.29 is 14.3 Å². The number of hydrogen-bond acceptors (Lipinski definition) is 5. The molecule has 5 N–H and O–H groups in total. The van der Waals surface area contributed by atoms with E-state index in [1.165, 1.54) is 0 Å². The van der Waals surface area contributed by atoms with Gasteiger partial charge in [-0.2, -0.15) is 0 Å². The fourth-order valence-corrected chi connectivity index (χ4v) is 3.13. The van der Waals surface area contributed by atoms with Crippen LogP contribution in [0.25, 0.3) is 0 Å². The van der Waals surface area contributed by atoms with Gasteiger partial charge in [0.15, 0.2) is 11.5 Å². The molecule has 0 spiro atoms. The number of carbonyl (C=O) groups excluding carboxylic acids is 1. The van der Waals surface area contributed by atoms with Gasteiger partial charge in [0.2, 0.25) is 5.91 Å². The van der Waals surface area contributed by atoms with Crippen LogP contribution in [0, 0.1) is 5.41 Å². The summed E-state index contributed by atoms with van der Waals surface area (Å²) in [6, 6.07) is 21.5. The van der Waals surface area contributed by atoms with Gasteiger partial charge in [-0.1, -0.05) is 36.4 Å². The lowest BCUT2D eigenvalue weighted by Gasteiger charge is -2.21. The first-order valence-corrected chi connectivity index (χ1v) is 9.76. The average Bonchev–Trinajstić information content (AvgIpc) is 2.81. The summed E-state index contributed by atoms with van der Waals surface area (Å²) in [5.74, 6) is 0.922. The van der Waals surface area contributed by atoms with Crippen molar-refractivity contribution in [3.8, 4) is 11.5 Å². The fraction of sp³-hybridized carbons (Fsp3) is 0.167. The quantitative estimate of drug-likeness (QED) is 0.314. The number of nitrogens with one attached hydrogen (secondary N) is 3. The van der Waals surface area contributed by atoms with Crippen LogP contribution in [-0.4, -0.2) is 26.0 Å². The SMILES string of the molecule is COc1ccc([C@H](Nc2ccc(C(=N)N)cc2)C(=O)NCc2ccccc2)cc1OC. The molecule has 3 rings (SSSR count). The van der Waals surface area contributed by atoms with Gasteiger partial charge in [-0.15, -0.1) is 0 Å². The molecule has 0 aliphatic heterocycles. The number of methoxy groups -OCH3 is 2. The van der Waals surface area contributed by atoms with E-state index >= 15 is 0 Å². The van der Waals surface area contributed by atoms with Crippen LogP contribution in [0.4, 0.5) is 5.69 Å². The molecule has 0 aliphatic carbocycles. The number of amidine groups is 1. The van der Waals surface area contributed by atoms with Gasteiger partial charge < -0.3 is 25.8 Å². The molecule has 0 saturated heterocycles. The molecule has 7 nitrogen and oxygen atoms in total. The standard InChI is InChI=1S/C24H26N4O3/c1-30-20-13-10-18(14-21(20)31-2)22(24(29)27-15-16-6-4-3-5-7-16)28-19-11-8-17(9-12-19)23(25)26/h3-14,22,28H,15H2,1-2H3,(H3,25,26)(H,27,29)/t22-/m0/s1. The Bertz CT molecular complexity index is 1040. The van der Waals surface area contributed by atoms with Crippen molar-refractivity contribution in [1.82, 2.24) is 5.32 Å². The average molecular weight is 418 g/mol. The predicted molar refractivity (Wildman–Crippen MR) is 122 cm³/mol. The highest BCUT2D eigenvalue weighted by molar-refractivity contribution is 5.95. The Labute approximate surface area is 181 Å². The molecule has 0 unspecified atom stereocenters. The van der Waals surface area contributed by atoms with Crippen LogP contribution in [0.1, 0.15) is 22.7 Å². The molecule has 0 aromatic heterocycles. The molecule has 0 bridgehead atoms. The molecule has 1 atom stereocenters. The predicted octanol–water partition coefficient (Wildman–Crippen LogP) is 3.46. The number of amides is 1. The van der Waals surface area contributed by atoms with Gasteiger partial charge in [0.05, 0.1) is 14.2 Å². The van der Waals surface area contributed by atoms with Crippen molar-refractivity contribution in [3.05, 3.63) is 89.5 Å². The molecule has 7 heteroatoms. The van der Waals surface area contributed by atoms with Crippen LogP contribution in [0.15, 0.2) is 72.8 Å². The van der Waals surface area contributed by atoms with Crippen LogP contribution in [0.2, 0.25) is 0 Å². The summed E-state index contributed by atoms with van der Waals surface area (Å²) in [6.07, 6.45) is 0. The molecule has 0 fully saturated rings. The van der Waals surface area contributed by atoms with Crippen molar-refractivity contribution >= 4 is 17.4 Å². The number of hydrogen-bond donors (Lipinski definition) is 4. The highest BCUT2D eigenvalue weighted by atomic mass is 16.5. The van der Waals surface area contributed by atoms with Gasteiger partial charge in [0, 0.05) is 17.8 Å². The second kappa shape index (κ2) is 10.2. The molecule has 3 aromatic rings. The number of carbonyl (C=O) groups is 1. The topological polar surface area (TPSA) is 109 Å². The third kappa shape index (κ3) is 5.54. The molecule has 0 saturated carbocycles. The Morgan fingerprint density at radius 3 is 2.26 bits per heavy atom. The minimum Gasteiger partial charge on any atom is -0.493 e. The molecule has 160 valence electrons. The number of anilines is 1. The molecule has 0 heterocycles. The van der Waals surface area contributed by atoms with Gasteiger partial charge in [-0.05, 0) is 47.5 Å². The van der Waals surface area contributed by atoms with Gasteiger partial charge in [0.25, 0.3) is 0 Å². The van der Waals surface area contributed by atoms with Crippen molar-refractivity contribution in [3.63, 3.8) is 0 Å². The van der Waals surface area contributed by atoms with E-state index in [9.17, 15) is 4.79 Å². The highest BCUT2D eigenvalue weighted by Gasteiger charge is 2.22. The van der Waals surface area contributed by atoms with Crippen LogP contribution in [0.3, 0.4) is 0 Å². The molecule has 31 heavy (non-hydrogen) atoms. The summed E-state index contributed by atoms with van der Waals surface area (Å²) in [7, 11) is 3.12. The summed E-state index contributed by atoms with van der Waals surface area (Å²) in [5, 5.41) is 13.8. The fourth-order valence-electron chi connectivity index (χ4n) is 3.13. The Morgan fingerprint density at radius 1 is 0.968 bits per heavy atom. The van der Waals surface area contributed by atoms with Crippen LogP contribution >= 0.6 is 0 Å². The second-order valence-electron chi connectivity index (χ2n) is 6.89. The van der Waals surface area contributed by atoms with Crippen molar-refractivity contribution in [2.24, 2.45) is 5.73 Å². The Balaban J connectivity index is 1.87. The number of rotatable bonds is 9. The van der Waals surface area contributed by atoms with Crippen LogP contribution < -0.4 is 25.8 Å². The van der Waals surface area contributed by atoms with E-state index in [-0.39, 0.29) is 11.7 Å². The lowest BCUT2D eigenvalue weighted by Crippen LogP contribution is -2.33. The van der Waals surface area contributed by atoms with Gasteiger partial charge in [-0.3, -0.25) is 10.2 Å². The van der Waals surface area contributed by atoms with E-state index in [1.54, 1.807) is 50.6 Å². The zero-order valence-corrected chi connectivity index (χ0v) is 17.5. The zero-order valence-electron chi connectivity index (χ0n) is 17.5. The summed E-state index contributed by atoms with van der Waals surface area (Å²) < 4.78 is 10.7. The number of benzene rings is 3. The third-order valence-electron chi connectivity index (χ3n) is 4.82. The van der Waals surface area contributed by atoms with Crippen molar-refractivity contribution in [2.45, 2.75) is 12.6 Å². The number of ether oxygens (including phenoxy) is 2. The molecular formula is C24H26N4O3. The third-order valence-corrected chi connectivity index (χ3v) is 4.82. The molecular weight excluding hydrogens is 392 g/mol. The maximum Gasteiger partial charge on any atom is 0.247 e. The zero-order chi connectivity index (χ0) is 22.2. The normalized spacial score (nSPS) is 11.3. The lowest BCUT2D eigenvalue weighted by atomic mass is 10.0. The largest absolute Gasteiger partial charge is 0.493 e. The Hall–Kier alpha value is -4.00. The van der Waals surface area contributed by atoms with Gasteiger partial charge in [-0.25, -0.2) is 0 Å². The summed E-state index contributed by atoms with van der Waals surface area (Å²) >= 11 is 0. The Kier molecular flexibility index (Phi) is 7.11. The van der Waals surface area contributed by atoms with Gasteiger partial charge >= 0.3 is 0 Å². The van der Waals surface area contributed by atoms with Gasteiger partial charge in [0.1, 0.15) is 11.9 Å². The second-order valence-corrected chi connectivity index (χ2v) is 6.89. The Morgan fingerprint density at radius 2 is 1.65 bits per heavy atom. The van der Waals surface area contributed by atoms with Crippen LogP contribution in [-0.2, 0) is 11.3 Å². The first-order chi connectivity index (χ1) is 15.0. The van der Waals surface area contributed by atoms with Crippen molar-refractivity contribution in [1.29, 1.82) is 5.41 Å². The first-order valence-electron chi connectivity index (χ1n) is 9.76. The molecule has 0 radical (unpaired) electrons. The van der Waals surface area contributed by atoms with E-state index in [4.69, 9.17) is 20.6 Å². The maximum absolute atomic E-state index is 13.2. The first kappa shape index (κ1) is 21.7. The van der Waals surface area contributed by atoms with E-state index in [1.807, 2.05) is 36.4 Å². The minimum atomic E-state index is -0.674.